The van der Waals surface area contributed by atoms with Crippen molar-refractivity contribution in [2.75, 3.05) is 25.0 Å². The average Bonchev–Trinajstić information content (AvgIpc) is 2.46. The lowest BCUT2D eigenvalue weighted by Crippen LogP contribution is -2.53. The number of rotatable bonds is 4. The minimum Gasteiger partial charge on any atom is -0.481 e. The predicted molar refractivity (Wildman–Crippen MR) is 76.9 cm³/mol. The van der Waals surface area contributed by atoms with Crippen molar-refractivity contribution in [3.05, 3.63) is 29.8 Å². The molecule has 1 aromatic rings. The zero-order chi connectivity index (χ0) is 15.6. The van der Waals surface area contributed by atoms with E-state index < -0.39 is 23.7 Å². The van der Waals surface area contributed by atoms with Crippen molar-refractivity contribution in [3.63, 3.8) is 0 Å². The summed E-state index contributed by atoms with van der Waals surface area (Å²) in [5.74, 6) is -2.54. The summed E-state index contributed by atoms with van der Waals surface area (Å²) in [7, 11) is 1.59. The van der Waals surface area contributed by atoms with Gasteiger partial charge in [0, 0.05) is 25.8 Å². The third-order valence-electron chi connectivity index (χ3n) is 3.66. The van der Waals surface area contributed by atoms with E-state index in [1.165, 1.54) is 9.80 Å². The van der Waals surface area contributed by atoms with Crippen molar-refractivity contribution < 1.29 is 19.5 Å². The fraction of sp³-hybridized carbons (Fsp3) is 0.400. The number of amides is 2. The summed E-state index contributed by atoms with van der Waals surface area (Å²) in [6.07, 6.45) is 0.319. The number of carboxylic acid groups (broad SMARTS) is 1. The summed E-state index contributed by atoms with van der Waals surface area (Å²) in [6.45, 7) is 2.50. The van der Waals surface area contributed by atoms with E-state index in [1.807, 2.05) is 0 Å². The number of hydrogen-bond acceptors (Lipinski definition) is 3. The van der Waals surface area contributed by atoms with Gasteiger partial charge in [0.2, 0.25) is 0 Å². The van der Waals surface area contributed by atoms with E-state index in [0.29, 0.717) is 25.2 Å². The molecule has 0 aliphatic carbocycles. The first-order valence-electron chi connectivity index (χ1n) is 6.79. The highest BCUT2D eigenvalue weighted by molar-refractivity contribution is 6.41. The summed E-state index contributed by atoms with van der Waals surface area (Å²) in [4.78, 5) is 37.8. The van der Waals surface area contributed by atoms with Crippen molar-refractivity contribution in [2.45, 2.75) is 13.3 Å². The Kier molecular flexibility index (Phi) is 4.26. The first-order valence-corrected chi connectivity index (χ1v) is 6.79. The van der Waals surface area contributed by atoms with E-state index in [4.69, 9.17) is 5.11 Å². The second-order valence-corrected chi connectivity index (χ2v) is 5.26. The molecule has 1 aromatic carbocycles. The van der Waals surface area contributed by atoms with E-state index >= 15 is 0 Å². The lowest BCUT2D eigenvalue weighted by Gasteiger charge is -2.32. The summed E-state index contributed by atoms with van der Waals surface area (Å²) in [5, 5.41) is 9.03. The maximum Gasteiger partial charge on any atom is 0.316 e. The third kappa shape index (κ3) is 3.04. The molecule has 6 heteroatoms. The van der Waals surface area contributed by atoms with Gasteiger partial charge in [0.05, 0.1) is 5.92 Å². The van der Waals surface area contributed by atoms with Gasteiger partial charge in [0.1, 0.15) is 0 Å². The highest BCUT2D eigenvalue weighted by Gasteiger charge is 2.32. The molecule has 2 rings (SSSR count). The number of carbonyl (C=O) groups excluding carboxylic acids is 2. The highest BCUT2D eigenvalue weighted by atomic mass is 16.4. The molecule has 0 aromatic heterocycles. The van der Waals surface area contributed by atoms with Crippen LogP contribution >= 0.6 is 0 Å². The van der Waals surface area contributed by atoms with Crippen LogP contribution in [0.15, 0.2) is 24.3 Å². The van der Waals surface area contributed by atoms with Crippen LogP contribution in [0.4, 0.5) is 5.69 Å². The van der Waals surface area contributed by atoms with Gasteiger partial charge in [-0.05, 0) is 18.1 Å². The average molecular weight is 290 g/mol. The molecular formula is C15H18N2O4. The molecule has 1 aliphatic heterocycles. The zero-order valence-electron chi connectivity index (χ0n) is 12.1. The molecule has 1 unspecified atom stereocenters. The maximum absolute atomic E-state index is 12.1. The second kappa shape index (κ2) is 5.95. The van der Waals surface area contributed by atoms with Crippen molar-refractivity contribution in [2.24, 2.45) is 5.92 Å². The minimum absolute atomic E-state index is 0.319. The molecular weight excluding hydrogens is 272 g/mol. The number of aliphatic carboxylic acids is 1. The van der Waals surface area contributed by atoms with E-state index in [-0.39, 0.29) is 0 Å². The number of likely N-dealkylation sites (N-methyl/N-ethyl adjacent to an activating group) is 1. The number of nitrogens with zero attached hydrogens (tertiary/aromatic N) is 2. The Morgan fingerprint density at radius 3 is 2.57 bits per heavy atom. The van der Waals surface area contributed by atoms with Crippen LogP contribution < -0.4 is 4.90 Å². The van der Waals surface area contributed by atoms with E-state index in [1.54, 1.807) is 38.2 Å². The van der Waals surface area contributed by atoms with Crippen LogP contribution in [0.2, 0.25) is 0 Å². The van der Waals surface area contributed by atoms with Crippen molar-refractivity contribution in [3.8, 4) is 0 Å². The molecule has 1 atom stereocenters. The molecule has 0 bridgehead atoms. The van der Waals surface area contributed by atoms with Gasteiger partial charge in [-0.2, -0.15) is 0 Å². The topological polar surface area (TPSA) is 77.9 Å². The van der Waals surface area contributed by atoms with Crippen LogP contribution in [0.1, 0.15) is 12.5 Å². The number of carboxylic acids is 1. The van der Waals surface area contributed by atoms with Crippen LogP contribution in [0.3, 0.4) is 0 Å². The van der Waals surface area contributed by atoms with Gasteiger partial charge in [-0.1, -0.05) is 25.1 Å². The molecule has 1 fully saturated rings. The van der Waals surface area contributed by atoms with Gasteiger partial charge >= 0.3 is 17.8 Å². The molecule has 21 heavy (non-hydrogen) atoms. The first-order chi connectivity index (χ1) is 9.91. The van der Waals surface area contributed by atoms with Crippen LogP contribution in [-0.4, -0.2) is 47.9 Å². The lowest BCUT2D eigenvalue weighted by atomic mass is 9.99. The lowest BCUT2D eigenvalue weighted by molar-refractivity contribution is -0.145. The fourth-order valence-corrected chi connectivity index (χ4v) is 2.33. The molecule has 6 nitrogen and oxygen atoms in total. The molecule has 0 spiro atoms. The van der Waals surface area contributed by atoms with Gasteiger partial charge in [0.25, 0.3) is 0 Å². The Morgan fingerprint density at radius 1 is 1.24 bits per heavy atom. The summed E-state index contributed by atoms with van der Waals surface area (Å²) in [6, 6.07) is 7.13. The van der Waals surface area contributed by atoms with E-state index in [2.05, 4.69) is 0 Å². The van der Waals surface area contributed by atoms with Crippen molar-refractivity contribution in [1.29, 1.82) is 0 Å². The number of benzene rings is 1. The zero-order valence-corrected chi connectivity index (χ0v) is 12.1. The van der Waals surface area contributed by atoms with Gasteiger partial charge < -0.3 is 14.9 Å². The summed E-state index contributed by atoms with van der Waals surface area (Å²) < 4.78 is 0. The highest BCUT2D eigenvalue weighted by Crippen LogP contribution is 2.25. The monoisotopic (exact) mass is 290 g/mol. The molecule has 0 saturated carbocycles. The molecule has 1 N–H and O–H groups in total. The van der Waals surface area contributed by atoms with Crippen LogP contribution in [-0.2, 0) is 20.8 Å². The molecule has 1 heterocycles. The van der Waals surface area contributed by atoms with Gasteiger partial charge in [-0.3, -0.25) is 14.4 Å². The molecule has 2 amide bonds. The quantitative estimate of drug-likeness (QED) is 0.830. The number of piperazine rings is 1. The fourth-order valence-electron chi connectivity index (χ4n) is 2.33. The van der Waals surface area contributed by atoms with E-state index in [0.717, 1.165) is 5.56 Å². The Hall–Kier alpha value is -2.37. The maximum atomic E-state index is 12.1. The first kappa shape index (κ1) is 15.0. The second-order valence-electron chi connectivity index (χ2n) is 5.26. The number of para-hydroxylation sites is 1. The van der Waals surface area contributed by atoms with Gasteiger partial charge in [-0.15, -0.1) is 0 Å². The smallest absolute Gasteiger partial charge is 0.316 e. The van der Waals surface area contributed by atoms with Crippen molar-refractivity contribution >= 4 is 23.5 Å². The Labute approximate surface area is 123 Å². The van der Waals surface area contributed by atoms with Gasteiger partial charge in [0.15, 0.2) is 0 Å². The number of hydrogen-bond donors (Lipinski definition) is 1. The molecule has 0 radical (unpaired) electrons. The van der Waals surface area contributed by atoms with Crippen LogP contribution in [0.5, 0.6) is 0 Å². The predicted octanol–water partition coefficient (Wildman–Crippen LogP) is 0.755. The van der Waals surface area contributed by atoms with Crippen LogP contribution in [0.25, 0.3) is 0 Å². The number of carbonyl (C=O) groups is 3. The summed E-state index contributed by atoms with van der Waals surface area (Å²) >= 11 is 0. The normalized spacial score (nSPS) is 17.0. The van der Waals surface area contributed by atoms with E-state index in [9.17, 15) is 14.4 Å². The minimum atomic E-state index is -0.884. The molecule has 112 valence electrons. The largest absolute Gasteiger partial charge is 0.481 e. The Morgan fingerprint density at radius 2 is 1.90 bits per heavy atom. The molecule has 1 aliphatic rings. The van der Waals surface area contributed by atoms with Crippen molar-refractivity contribution in [1.82, 2.24) is 4.90 Å². The Bertz CT molecular complexity index is 585. The third-order valence-corrected chi connectivity index (χ3v) is 3.66. The number of anilines is 1. The Balaban J connectivity index is 2.30. The standard InChI is InChI=1S/C15H18N2O4/c1-10(15(20)21)9-11-5-3-4-6-12(11)17-8-7-16(2)13(18)14(17)19/h3-6,10H,7-9H2,1-2H3,(H,20,21). The molecule has 1 saturated heterocycles. The van der Waals surface area contributed by atoms with Gasteiger partial charge in [-0.25, -0.2) is 0 Å². The summed E-state index contributed by atoms with van der Waals surface area (Å²) in [5.41, 5.74) is 1.38. The SMILES string of the molecule is CC(Cc1ccccc1N1CCN(C)C(=O)C1=O)C(=O)O. The van der Waals surface area contributed by atoms with Crippen LogP contribution in [0, 0.1) is 5.92 Å².